The van der Waals surface area contributed by atoms with E-state index in [2.05, 4.69) is 26.2 Å². The normalized spacial score (nSPS) is 16.2. The van der Waals surface area contributed by atoms with Crippen LogP contribution in [0.2, 0.25) is 5.15 Å². The molecular weight excluding hydrogens is 352 g/mol. The van der Waals surface area contributed by atoms with Gasteiger partial charge in [0.05, 0.1) is 24.5 Å². The van der Waals surface area contributed by atoms with Crippen molar-refractivity contribution in [2.45, 2.75) is 13.0 Å². The number of piperazine rings is 1. The molecular formula is C19H23ClN4O2. The van der Waals surface area contributed by atoms with Crippen LogP contribution < -0.4 is 15.0 Å². The molecule has 2 aromatic rings. The molecule has 1 aliphatic rings. The number of nitrogens with zero attached hydrogens (tertiary/aromatic N) is 3. The average Bonchev–Trinajstić information content (AvgIpc) is 2.69. The van der Waals surface area contributed by atoms with E-state index in [0.29, 0.717) is 10.8 Å². The van der Waals surface area contributed by atoms with Crippen molar-refractivity contribution < 1.29 is 9.53 Å². The topological polar surface area (TPSA) is 57.7 Å². The predicted molar refractivity (Wildman–Crippen MR) is 104 cm³/mol. The van der Waals surface area contributed by atoms with Gasteiger partial charge in [-0.25, -0.2) is 4.98 Å². The lowest BCUT2D eigenvalue weighted by molar-refractivity contribution is -0.120. The molecule has 1 aliphatic heterocycles. The largest absolute Gasteiger partial charge is 0.495 e. The Labute approximate surface area is 158 Å². The van der Waals surface area contributed by atoms with Crippen LogP contribution in [0.4, 0.5) is 11.4 Å². The van der Waals surface area contributed by atoms with Gasteiger partial charge in [-0.3, -0.25) is 9.69 Å². The third-order valence-electron chi connectivity index (χ3n) is 4.68. The summed E-state index contributed by atoms with van der Waals surface area (Å²) in [5.74, 6) is 0.795. The van der Waals surface area contributed by atoms with Crippen LogP contribution in [0, 0.1) is 0 Å². The van der Waals surface area contributed by atoms with Crippen molar-refractivity contribution >= 4 is 28.9 Å². The summed E-state index contributed by atoms with van der Waals surface area (Å²) in [5.41, 5.74) is 1.63. The van der Waals surface area contributed by atoms with Gasteiger partial charge in [-0.15, -0.1) is 0 Å². The van der Waals surface area contributed by atoms with Crippen LogP contribution in [-0.4, -0.2) is 55.1 Å². The van der Waals surface area contributed by atoms with Crippen molar-refractivity contribution in [2.75, 3.05) is 43.5 Å². The van der Waals surface area contributed by atoms with Gasteiger partial charge in [0.25, 0.3) is 0 Å². The summed E-state index contributed by atoms with van der Waals surface area (Å²) in [6.07, 6.45) is 1.60. The number of anilines is 2. The second kappa shape index (κ2) is 8.38. The maximum atomic E-state index is 12.5. The number of para-hydroxylation sites is 2. The molecule has 0 spiro atoms. The van der Waals surface area contributed by atoms with Gasteiger partial charge >= 0.3 is 0 Å². The van der Waals surface area contributed by atoms with Crippen LogP contribution in [0.15, 0.2) is 42.6 Å². The van der Waals surface area contributed by atoms with Crippen molar-refractivity contribution in [3.05, 3.63) is 47.7 Å². The lowest BCUT2D eigenvalue weighted by Crippen LogP contribution is -2.52. The number of methoxy groups -OCH3 is 1. The zero-order chi connectivity index (χ0) is 18.5. The molecule has 6 nitrogen and oxygen atoms in total. The van der Waals surface area contributed by atoms with Crippen molar-refractivity contribution in [2.24, 2.45) is 0 Å². The quantitative estimate of drug-likeness (QED) is 0.815. The molecule has 0 bridgehead atoms. The van der Waals surface area contributed by atoms with E-state index in [4.69, 9.17) is 16.3 Å². The Morgan fingerprint density at radius 3 is 2.62 bits per heavy atom. The highest BCUT2D eigenvalue weighted by molar-refractivity contribution is 6.32. The Kier molecular flexibility index (Phi) is 5.96. The van der Waals surface area contributed by atoms with Crippen LogP contribution in [0.5, 0.6) is 5.75 Å². The number of ether oxygens (including phenoxy) is 1. The SMILES string of the molecule is COc1ccccc1N1CCN([C@@H](C)C(=O)Nc2cccnc2Cl)CC1. The minimum absolute atomic E-state index is 0.0781. The highest BCUT2D eigenvalue weighted by Gasteiger charge is 2.27. The molecule has 7 heteroatoms. The Morgan fingerprint density at radius 2 is 1.92 bits per heavy atom. The standard InChI is InChI=1S/C19H23ClN4O2/c1-14(19(25)22-15-6-5-9-21-18(15)20)23-10-12-24(13-11-23)16-7-3-4-8-17(16)26-2/h3-9,14H,10-13H2,1-2H3,(H,22,25)/t14-/m0/s1. The number of benzene rings is 1. The van der Waals surface area contributed by atoms with Gasteiger partial charge in [0.1, 0.15) is 5.75 Å². The molecule has 138 valence electrons. The summed E-state index contributed by atoms with van der Waals surface area (Å²) in [7, 11) is 1.69. The number of carbonyl (C=O) groups is 1. The highest BCUT2D eigenvalue weighted by atomic mass is 35.5. The molecule has 1 N–H and O–H groups in total. The molecule has 0 radical (unpaired) electrons. The number of pyridine rings is 1. The highest BCUT2D eigenvalue weighted by Crippen LogP contribution is 2.28. The maximum Gasteiger partial charge on any atom is 0.241 e. The first kappa shape index (κ1) is 18.5. The van der Waals surface area contributed by atoms with Crippen molar-refractivity contribution in [3.8, 4) is 5.75 Å². The van der Waals surface area contributed by atoms with Gasteiger partial charge in [0, 0.05) is 32.4 Å². The Morgan fingerprint density at radius 1 is 1.19 bits per heavy atom. The summed E-state index contributed by atoms with van der Waals surface area (Å²) in [5, 5.41) is 3.16. The molecule has 0 aliphatic carbocycles. The summed E-state index contributed by atoms with van der Waals surface area (Å²) in [6.45, 7) is 5.19. The van der Waals surface area contributed by atoms with E-state index >= 15 is 0 Å². The van der Waals surface area contributed by atoms with Crippen molar-refractivity contribution in [3.63, 3.8) is 0 Å². The monoisotopic (exact) mass is 374 g/mol. The fourth-order valence-corrected chi connectivity index (χ4v) is 3.29. The smallest absolute Gasteiger partial charge is 0.241 e. The molecule has 1 saturated heterocycles. The van der Waals surface area contributed by atoms with E-state index in [1.807, 2.05) is 25.1 Å². The van der Waals surface area contributed by atoms with E-state index in [1.54, 1.807) is 25.4 Å². The molecule has 0 unspecified atom stereocenters. The lowest BCUT2D eigenvalue weighted by atomic mass is 10.2. The average molecular weight is 375 g/mol. The molecule has 1 amide bonds. The first-order valence-electron chi connectivity index (χ1n) is 8.63. The second-order valence-corrected chi connectivity index (χ2v) is 6.56. The number of rotatable bonds is 5. The number of hydrogen-bond donors (Lipinski definition) is 1. The Balaban J connectivity index is 1.59. The van der Waals surface area contributed by atoms with Crippen LogP contribution in [0.3, 0.4) is 0 Å². The fourth-order valence-electron chi connectivity index (χ4n) is 3.12. The van der Waals surface area contributed by atoms with Crippen LogP contribution in [0.25, 0.3) is 0 Å². The second-order valence-electron chi connectivity index (χ2n) is 6.20. The number of amides is 1. The number of nitrogens with one attached hydrogen (secondary N) is 1. The summed E-state index contributed by atoms with van der Waals surface area (Å²) >= 11 is 6.02. The van der Waals surface area contributed by atoms with Gasteiger partial charge in [-0.05, 0) is 31.2 Å². The fraction of sp³-hybridized carbons (Fsp3) is 0.368. The van der Waals surface area contributed by atoms with E-state index in [-0.39, 0.29) is 11.9 Å². The van der Waals surface area contributed by atoms with E-state index in [1.165, 1.54) is 0 Å². The molecule has 1 aromatic carbocycles. The molecule has 1 atom stereocenters. The molecule has 1 fully saturated rings. The minimum atomic E-state index is -0.244. The summed E-state index contributed by atoms with van der Waals surface area (Å²) in [6, 6.07) is 11.3. The third kappa shape index (κ3) is 4.08. The number of halogens is 1. The van der Waals surface area contributed by atoms with E-state index < -0.39 is 0 Å². The number of carbonyl (C=O) groups excluding carboxylic acids is 1. The molecule has 2 heterocycles. The first-order valence-corrected chi connectivity index (χ1v) is 9.01. The Bertz CT molecular complexity index is 763. The molecule has 3 rings (SSSR count). The third-order valence-corrected chi connectivity index (χ3v) is 4.99. The molecule has 0 saturated carbocycles. The van der Waals surface area contributed by atoms with Gasteiger partial charge in [-0.1, -0.05) is 23.7 Å². The van der Waals surface area contributed by atoms with Gasteiger partial charge < -0.3 is 15.0 Å². The van der Waals surface area contributed by atoms with Crippen molar-refractivity contribution in [1.29, 1.82) is 0 Å². The van der Waals surface area contributed by atoms with Crippen LogP contribution in [0.1, 0.15) is 6.92 Å². The maximum absolute atomic E-state index is 12.5. The number of hydrogen-bond acceptors (Lipinski definition) is 5. The van der Waals surface area contributed by atoms with Crippen molar-refractivity contribution in [1.82, 2.24) is 9.88 Å². The van der Waals surface area contributed by atoms with Gasteiger partial charge in [0.2, 0.25) is 5.91 Å². The van der Waals surface area contributed by atoms with E-state index in [9.17, 15) is 4.79 Å². The Hall–Kier alpha value is -2.31. The predicted octanol–water partition coefficient (Wildman–Crippen LogP) is 2.89. The number of aromatic nitrogens is 1. The molecule has 1 aromatic heterocycles. The van der Waals surface area contributed by atoms with E-state index in [0.717, 1.165) is 37.6 Å². The lowest BCUT2D eigenvalue weighted by Gasteiger charge is -2.38. The summed E-state index contributed by atoms with van der Waals surface area (Å²) < 4.78 is 5.45. The van der Waals surface area contributed by atoms with Crippen LogP contribution in [-0.2, 0) is 4.79 Å². The summed E-state index contributed by atoms with van der Waals surface area (Å²) in [4.78, 5) is 21.0. The zero-order valence-corrected chi connectivity index (χ0v) is 15.7. The van der Waals surface area contributed by atoms with Gasteiger partial charge in [0.15, 0.2) is 5.15 Å². The molecule has 26 heavy (non-hydrogen) atoms. The minimum Gasteiger partial charge on any atom is -0.495 e. The zero-order valence-electron chi connectivity index (χ0n) is 15.0. The van der Waals surface area contributed by atoms with Gasteiger partial charge in [-0.2, -0.15) is 0 Å². The van der Waals surface area contributed by atoms with Crippen LogP contribution >= 0.6 is 11.6 Å². The first-order chi connectivity index (χ1) is 12.6.